The lowest BCUT2D eigenvalue weighted by Crippen LogP contribution is -2.44. The SMILES string of the molecule is CCN1CCOC(COc2ccc(C#N)cc2F)C1. The molecule has 4 nitrogen and oxygen atoms in total. The van der Waals surface area contributed by atoms with Crippen LogP contribution in [0.1, 0.15) is 12.5 Å². The molecule has 0 spiro atoms. The monoisotopic (exact) mass is 264 g/mol. The number of likely N-dealkylation sites (N-methyl/N-ethyl adjacent to an activating group) is 1. The van der Waals surface area contributed by atoms with Crippen molar-refractivity contribution in [3.63, 3.8) is 0 Å². The van der Waals surface area contributed by atoms with Crippen molar-refractivity contribution < 1.29 is 13.9 Å². The summed E-state index contributed by atoms with van der Waals surface area (Å²) in [6.45, 7) is 5.80. The Hall–Kier alpha value is -1.64. The fourth-order valence-corrected chi connectivity index (χ4v) is 2.04. The smallest absolute Gasteiger partial charge is 0.166 e. The maximum absolute atomic E-state index is 13.6. The lowest BCUT2D eigenvalue weighted by molar-refractivity contribution is -0.0468. The van der Waals surface area contributed by atoms with Crippen molar-refractivity contribution in [2.75, 3.05) is 32.8 Å². The van der Waals surface area contributed by atoms with Crippen LogP contribution in [-0.4, -0.2) is 43.9 Å². The van der Waals surface area contributed by atoms with Gasteiger partial charge in [-0.25, -0.2) is 4.39 Å². The number of nitrogens with zero attached hydrogens (tertiary/aromatic N) is 2. The van der Waals surface area contributed by atoms with Crippen LogP contribution in [-0.2, 0) is 4.74 Å². The van der Waals surface area contributed by atoms with Gasteiger partial charge in [0.05, 0.1) is 18.2 Å². The molecule has 1 aliphatic heterocycles. The lowest BCUT2D eigenvalue weighted by Gasteiger charge is -2.31. The number of rotatable bonds is 4. The summed E-state index contributed by atoms with van der Waals surface area (Å²) in [5, 5.41) is 8.66. The standard InChI is InChI=1S/C14H17FN2O2/c1-2-17-5-6-18-12(9-17)10-19-14-4-3-11(8-16)7-13(14)15/h3-4,7,12H,2,5-6,9-10H2,1H3. The second kappa shape index (κ2) is 6.50. The molecular weight excluding hydrogens is 247 g/mol. The molecule has 1 unspecified atom stereocenters. The number of nitriles is 1. The molecule has 1 fully saturated rings. The van der Waals surface area contributed by atoms with Crippen LogP contribution in [0.15, 0.2) is 18.2 Å². The molecule has 1 aromatic carbocycles. The van der Waals surface area contributed by atoms with Crippen LogP contribution in [0, 0.1) is 17.1 Å². The normalized spacial score (nSPS) is 19.9. The van der Waals surface area contributed by atoms with Crippen molar-refractivity contribution in [3.8, 4) is 11.8 Å². The molecule has 102 valence electrons. The van der Waals surface area contributed by atoms with Gasteiger partial charge in [-0.1, -0.05) is 6.92 Å². The van der Waals surface area contributed by atoms with Gasteiger partial charge < -0.3 is 9.47 Å². The van der Waals surface area contributed by atoms with Gasteiger partial charge in [-0.2, -0.15) is 5.26 Å². The van der Waals surface area contributed by atoms with E-state index in [1.807, 2.05) is 6.07 Å². The molecule has 0 amide bonds. The van der Waals surface area contributed by atoms with E-state index < -0.39 is 5.82 Å². The fraction of sp³-hybridized carbons (Fsp3) is 0.500. The Bertz CT molecular complexity index is 473. The Balaban J connectivity index is 1.90. The van der Waals surface area contributed by atoms with E-state index in [2.05, 4.69) is 11.8 Å². The second-order valence-corrected chi connectivity index (χ2v) is 4.45. The molecule has 1 saturated heterocycles. The van der Waals surface area contributed by atoms with E-state index in [0.717, 1.165) is 19.6 Å². The van der Waals surface area contributed by atoms with Crippen molar-refractivity contribution in [2.24, 2.45) is 0 Å². The van der Waals surface area contributed by atoms with Gasteiger partial charge in [0, 0.05) is 13.1 Å². The van der Waals surface area contributed by atoms with E-state index in [1.165, 1.54) is 12.1 Å². The zero-order chi connectivity index (χ0) is 13.7. The first-order chi connectivity index (χ1) is 9.22. The highest BCUT2D eigenvalue weighted by Crippen LogP contribution is 2.18. The van der Waals surface area contributed by atoms with Gasteiger partial charge in [0.1, 0.15) is 12.7 Å². The number of benzene rings is 1. The summed E-state index contributed by atoms with van der Waals surface area (Å²) in [5.41, 5.74) is 0.288. The minimum atomic E-state index is -0.512. The molecule has 1 aliphatic rings. The van der Waals surface area contributed by atoms with Gasteiger partial charge in [-0.3, -0.25) is 4.90 Å². The first-order valence-electron chi connectivity index (χ1n) is 6.39. The van der Waals surface area contributed by atoms with Crippen molar-refractivity contribution >= 4 is 0 Å². The summed E-state index contributed by atoms with van der Waals surface area (Å²) in [7, 11) is 0. The average molecular weight is 264 g/mol. The molecule has 0 saturated carbocycles. The quantitative estimate of drug-likeness (QED) is 0.832. The van der Waals surface area contributed by atoms with Gasteiger partial charge in [0.2, 0.25) is 0 Å². The van der Waals surface area contributed by atoms with Crippen LogP contribution in [0.25, 0.3) is 0 Å². The maximum atomic E-state index is 13.6. The number of hydrogen-bond acceptors (Lipinski definition) is 4. The van der Waals surface area contributed by atoms with E-state index >= 15 is 0 Å². The van der Waals surface area contributed by atoms with E-state index in [4.69, 9.17) is 14.7 Å². The number of halogens is 1. The molecule has 5 heteroatoms. The van der Waals surface area contributed by atoms with Gasteiger partial charge >= 0.3 is 0 Å². The summed E-state index contributed by atoms with van der Waals surface area (Å²) in [5.74, 6) is -0.349. The minimum absolute atomic E-state index is 0.0382. The van der Waals surface area contributed by atoms with Gasteiger partial charge in [0.25, 0.3) is 0 Å². The Morgan fingerprint density at radius 2 is 2.42 bits per heavy atom. The predicted molar refractivity (Wildman–Crippen MR) is 68.5 cm³/mol. The lowest BCUT2D eigenvalue weighted by atomic mass is 10.2. The molecule has 0 radical (unpaired) electrons. The summed E-state index contributed by atoms with van der Waals surface area (Å²) < 4.78 is 24.6. The van der Waals surface area contributed by atoms with Gasteiger partial charge in [-0.15, -0.1) is 0 Å². The first-order valence-corrected chi connectivity index (χ1v) is 6.39. The zero-order valence-corrected chi connectivity index (χ0v) is 10.9. The Morgan fingerprint density at radius 3 is 3.11 bits per heavy atom. The number of morpholine rings is 1. The largest absolute Gasteiger partial charge is 0.488 e. The summed E-state index contributed by atoms with van der Waals surface area (Å²) >= 11 is 0. The third-order valence-electron chi connectivity index (χ3n) is 3.16. The first kappa shape index (κ1) is 13.8. The predicted octanol–water partition coefficient (Wildman–Crippen LogP) is 1.80. The topological polar surface area (TPSA) is 45.5 Å². The average Bonchev–Trinajstić information content (AvgIpc) is 2.46. The summed E-state index contributed by atoms with van der Waals surface area (Å²) in [6, 6.07) is 6.08. The van der Waals surface area contributed by atoms with Crippen LogP contribution >= 0.6 is 0 Å². The van der Waals surface area contributed by atoms with E-state index in [0.29, 0.717) is 13.2 Å². The Kier molecular flexibility index (Phi) is 4.72. The van der Waals surface area contributed by atoms with E-state index in [-0.39, 0.29) is 17.4 Å². The molecule has 0 aromatic heterocycles. The van der Waals surface area contributed by atoms with Crippen molar-refractivity contribution in [1.82, 2.24) is 4.90 Å². The van der Waals surface area contributed by atoms with Gasteiger partial charge in [0.15, 0.2) is 11.6 Å². The summed E-state index contributed by atoms with van der Waals surface area (Å²) in [4.78, 5) is 2.27. The molecule has 2 rings (SSSR count). The number of hydrogen-bond donors (Lipinski definition) is 0. The van der Waals surface area contributed by atoms with Crippen molar-refractivity contribution in [2.45, 2.75) is 13.0 Å². The summed E-state index contributed by atoms with van der Waals surface area (Å²) in [6.07, 6.45) is -0.0382. The molecule has 0 N–H and O–H groups in total. The van der Waals surface area contributed by atoms with Crippen molar-refractivity contribution in [1.29, 1.82) is 5.26 Å². The number of ether oxygens (including phenoxy) is 2. The minimum Gasteiger partial charge on any atom is -0.488 e. The maximum Gasteiger partial charge on any atom is 0.166 e. The van der Waals surface area contributed by atoms with Crippen LogP contribution in [0.3, 0.4) is 0 Å². The molecule has 1 heterocycles. The Labute approximate surface area is 112 Å². The molecule has 0 bridgehead atoms. The highest BCUT2D eigenvalue weighted by molar-refractivity contribution is 5.35. The fourth-order valence-electron chi connectivity index (χ4n) is 2.04. The van der Waals surface area contributed by atoms with E-state index in [1.54, 1.807) is 6.07 Å². The third kappa shape index (κ3) is 3.66. The van der Waals surface area contributed by atoms with Crippen LogP contribution in [0.4, 0.5) is 4.39 Å². The Morgan fingerprint density at radius 1 is 1.58 bits per heavy atom. The molecule has 0 aliphatic carbocycles. The van der Waals surface area contributed by atoms with Crippen LogP contribution in [0.5, 0.6) is 5.75 Å². The molecule has 1 atom stereocenters. The van der Waals surface area contributed by atoms with E-state index in [9.17, 15) is 4.39 Å². The molecular formula is C14H17FN2O2. The third-order valence-corrected chi connectivity index (χ3v) is 3.16. The van der Waals surface area contributed by atoms with Crippen molar-refractivity contribution in [3.05, 3.63) is 29.6 Å². The second-order valence-electron chi connectivity index (χ2n) is 4.45. The molecule has 19 heavy (non-hydrogen) atoms. The highest BCUT2D eigenvalue weighted by Gasteiger charge is 2.20. The van der Waals surface area contributed by atoms with Gasteiger partial charge in [-0.05, 0) is 24.7 Å². The zero-order valence-electron chi connectivity index (χ0n) is 10.9. The highest BCUT2D eigenvalue weighted by atomic mass is 19.1. The molecule has 1 aromatic rings. The van der Waals surface area contributed by atoms with Crippen LogP contribution in [0.2, 0.25) is 0 Å². The van der Waals surface area contributed by atoms with Crippen LogP contribution < -0.4 is 4.74 Å².